The molecular formula is C13H21BrClNS. The SMILES string of the molecule is CC(C)CNCCCCCc1cc(Cl)c(Br)s1. The van der Waals surface area contributed by atoms with Crippen LogP contribution in [0.3, 0.4) is 0 Å². The van der Waals surface area contributed by atoms with Crippen molar-refractivity contribution >= 4 is 38.9 Å². The van der Waals surface area contributed by atoms with Crippen molar-refractivity contribution in [3.63, 3.8) is 0 Å². The van der Waals surface area contributed by atoms with E-state index in [2.05, 4.69) is 41.2 Å². The van der Waals surface area contributed by atoms with Crippen molar-refractivity contribution in [3.8, 4) is 0 Å². The Morgan fingerprint density at radius 1 is 1.35 bits per heavy atom. The molecule has 98 valence electrons. The highest BCUT2D eigenvalue weighted by Gasteiger charge is 2.03. The molecule has 0 aliphatic carbocycles. The fourth-order valence-electron chi connectivity index (χ4n) is 1.63. The van der Waals surface area contributed by atoms with E-state index in [9.17, 15) is 0 Å². The Hall–Kier alpha value is 0.430. The van der Waals surface area contributed by atoms with Crippen LogP contribution >= 0.6 is 38.9 Å². The van der Waals surface area contributed by atoms with Gasteiger partial charge in [0.2, 0.25) is 0 Å². The lowest BCUT2D eigenvalue weighted by Gasteiger charge is -2.06. The first-order chi connectivity index (χ1) is 8.09. The Kier molecular flexibility index (Phi) is 7.76. The van der Waals surface area contributed by atoms with E-state index >= 15 is 0 Å². The minimum Gasteiger partial charge on any atom is -0.316 e. The lowest BCUT2D eigenvalue weighted by Crippen LogP contribution is -2.20. The summed E-state index contributed by atoms with van der Waals surface area (Å²) >= 11 is 11.2. The Morgan fingerprint density at radius 2 is 2.12 bits per heavy atom. The van der Waals surface area contributed by atoms with Gasteiger partial charge in [0.05, 0.1) is 8.81 Å². The predicted octanol–water partition coefficient (Wildman–Crippen LogP) is 5.12. The molecule has 0 radical (unpaired) electrons. The molecule has 0 fully saturated rings. The van der Waals surface area contributed by atoms with Crippen LogP contribution < -0.4 is 5.32 Å². The number of halogens is 2. The van der Waals surface area contributed by atoms with Gasteiger partial charge in [0.1, 0.15) is 0 Å². The van der Waals surface area contributed by atoms with E-state index in [1.54, 1.807) is 11.3 Å². The van der Waals surface area contributed by atoms with Crippen LogP contribution in [0.15, 0.2) is 9.85 Å². The first-order valence-corrected chi connectivity index (χ1v) is 8.22. The summed E-state index contributed by atoms with van der Waals surface area (Å²) in [5.41, 5.74) is 0. The normalized spacial score (nSPS) is 11.4. The number of rotatable bonds is 8. The zero-order chi connectivity index (χ0) is 12.7. The van der Waals surface area contributed by atoms with Crippen molar-refractivity contribution in [1.82, 2.24) is 5.32 Å². The minimum absolute atomic E-state index is 0.751. The first-order valence-electron chi connectivity index (χ1n) is 6.24. The third kappa shape index (κ3) is 6.80. The predicted molar refractivity (Wildman–Crippen MR) is 82.3 cm³/mol. The zero-order valence-electron chi connectivity index (χ0n) is 10.6. The van der Waals surface area contributed by atoms with Gasteiger partial charge in [-0.15, -0.1) is 11.3 Å². The van der Waals surface area contributed by atoms with Crippen LogP contribution in [-0.4, -0.2) is 13.1 Å². The molecule has 0 saturated heterocycles. The summed E-state index contributed by atoms with van der Waals surface area (Å²) < 4.78 is 1.06. The van der Waals surface area contributed by atoms with Crippen molar-refractivity contribution in [3.05, 3.63) is 19.8 Å². The molecule has 0 saturated carbocycles. The summed E-state index contributed by atoms with van der Waals surface area (Å²) in [6.45, 7) is 6.76. The van der Waals surface area contributed by atoms with Crippen LogP contribution in [0.1, 0.15) is 38.0 Å². The van der Waals surface area contributed by atoms with Crippen LogP contribution in [-0.2, 0) is 6.42 Å². The van der Waals surface area contributed by atoms with Gasteiger partial charge >= 0.3 is 0 Å². The van der Waals surface area contributed by atoms with Crippen molar-refractivity contribution in [1.29, 1.82) is 0 Å². The van der Waals surface area contributed by atoms with Crippen molar-refractivity contribution < 1.29 is 0 Å². The highest BCUT2D eigenvalue weighted by molar-refractivity contribution is 9.11. The molecular weight excluding hydrogens is 318 g/mol. The molecule has 0 bridgehead atoms. The smallest absolute Gasteiger partial charge is 0.0887 e. The summed E-state index contributed by atoms with van der Waals surface area (Å²) in [4.78, 5) is 1.39. The molecule has 1 nitrogen and oxygen atoms in total. The molecule has 0 spiro atoms. The molecule has 0 atom stereocenters. The van der Waals surface area contributed by atoms with Gasteiger partial charge in [0.15, 0.2) is 0 Å². The number of thiophene rings is 1. The average molecular weight is 339 g/mol. The van der Waals surface area contributed by atoms with E-state index in [1.807, 2.05) is 0 Å². The Balaban J connectivity index is 2.01. The fourth-order valence-corrected chi connectivity index (χ4v) is 3.49. The van der Waals surface area contributed by atoms with Gasteiger partial charge in [0, 0.05) is 4.88 Å². The Bertz CT molecular complexity index is 306. The molecule has 0 amide bonds. The van der Waals surface area contributed by atoms with E-state index < -0.39 is 0 Å². The van der Waals surface area contributed by atoms with E-state index in [1.165, 1.54) is 24.1 Å². The Morgan fingerprint density at radius 3 is 2.71 bits per heavy atom. The standard InChI is InChI=1S/C13H21BrClNS/c1-10(2)9-16-7-5-3-4-6-11-8-12(15)13(14)17-11/h8,10,16H,3-7,9H2,1-2H3. The van der Waals surface area contributed by atoms with Crippen molar-refractivity contribution in [2.24, 2.45) is 5.92 Å². The number of hydrogen-bond donors (Lipinski definition) is 1. The van der Waals surface area contributed by atoms with E-state index in [0.29, 0.717) is 0 Å². The average Bonchev–Trinajstić information content (AvgIpc) is 2.56. The maximum absolute atomic E-state index is 5.99. The lowest BCUT2D eigenvalue weighted by atomic mass is 10.1. The van der Waals surface area contributed by atoms with Gasteiger partial charge < -0.3 is 5.32 Å². The molecule has 0 aromatic carbocycles. The molecule has 1 aromatic heterocycles. The van der Waals surface area contributed by atoms with Gasteiger partial charge in [-0.05, 0) is 60.3 Å². The third-order valence-corrected chi connectivity index (χ3v) is 5.06. The highest BCUT2D eigenvalue weighted by Crippen LogP contribution is 2.32. The quantitative estimate of drug-likeness (QED) is 0.648. The molecule has 0 unspecified atom stereocenters. The van der Waals surface area contributed by atoms with E-state index in [4.69, 9.17) is 11.6 Å². The second kappa shape index (κ2) is 8.52. The summed E-state index contributed by atoms with van der Waals surface area (Å²) in [6.07, 6.45) is 4.97. The van der Waals surface area contributed by atoms with Crippen molar-refractivity contribution in [2.75, 3.05) is 13.1 Å². The van der Waals surface area contributed by atoms with Crippen molar-refractivity contribution in [2.45, 2.75) is 39.5 Å². The van der Waals surface area contributed by atoms with Crippen LogP contribution in [0.2, 0.25) is 5.02 Å². The van der Waals surface area contributed by atoms with Crippen LogP contribution in [0.4, 0.5) is 0 Å². The molecule has 1 rings (SSSR count). The molecule has 4 heteroatoms. The molecule has 1 N–H and O–H groups in total. The summed E-state index contributed by atoms with van der Waals surface area (Å²) in [6, 6.07) is 2.08. The van der Waals surface area contributed by atoms with Crippen LogP contribution in [0.5, 0.6) is 0 Å². The summed E-state index contributed by atoms with van der Waals surface area (Å²) in [7, 11) is 0. The Labute approximate surface area is 122 Å². The largest absolute Gasteiger partial charge is 0.316 e. The zero-order valence-corrected chi connectivity index (χ0v) is 13.7. The monoisotopic (exact) mass is 337 g/mol. The van der Waals surface area contributed by atoms with Gasteiger partial charge in [-0.1, -0.05) is 31.9 Å². The molecule has 1 aromatic rings. The molecule has 17 heavy (non-hydrogen) atoms. The van der Waals surface area contributed by atoms with Gasteiger partial charge in [-0.3, -0.25) is 0 Å². The topological polar surface area (TPSA) is 12.0 Å². The van der Waals surface area contributed by atoms with Gasteiger partial charge in [-0.2, -0.15) is 0 Å². The second-order valence-corrected chi connectivity index (χ2v) is 7.60. The second-order valence-electron chi connectivity index (χ2n) is 4.74. The van der Waals surface area contributed by atoms with Crippen LogP contribution in [0.25, 0.3) is 0 Å². The summed E-state index contributed by atoms with van der Waals surface area (Å²) in [5, 5.41) is 4.32. The van der Waals surface area contributed by atoms with Gasteiger partial charge in [0.25, 0.3) is 0 Å². The first kappa shape index (κ1) is 15.5. The third-order valence-electron chi connectivity index (χ3n) is 2.53. The summed E-state index contributed by atoms with van der Waals surface area (Å²) in [5.74, 6) is 0.751. The highest BCUT2D eigenvalue weighted by atomic mass is 79.9. The number of nitrogens with one attached hydrogen (secondary N) is 1. The molecule has 1 heterocycles. The van der Waals surface area contributed by atoms with E-state index in [-0.39, 0.29) is 0 Å². The lowest BCUT2D eigenvalue weighted by molar-refractivity contribution is 0.530. The van der Waals surface area contributed by atoms with E-state index in [0.717, 1.165) is 34.2 Å². The number of unbranched alkanes of at least 4 members (excludes halogenated alkanes) is 2. The fraction of sp³-hybridized carbons (Fsp3) is 0.692. The number of aryl methyl sites for hydroxylation is 1. The maximum Gasteiger partial charge on any atom is 0.0887 e. The molecule has 0 aliphatic heterocycles. The molecule has 0 aliphatic rings. The van der Waals surface area contributed by atoms with Crippen LogP contribution in [0, 0.1) is 5.92 Å². The maximum atomic E-state index is 5.99. The minimum atomic E-state index is 0.751. The van der Waals surface area contributed by atoms with Gasteiger partial charge in [-0.25, -0.2) is 0 Å². The number of hydrogen-bond acceptors (Lipinski definition) is 2.